The van der Waals surface area contributed by atoms with E-state index in [1.165, 1.54) is 36.4 Å². The quantitative estimate of drug-likeness (QED) is 0.344. The average Bonchev–Trinajstić information content (AvgIpc) is 2.71. The van der Waals surface area contributed by atoms with Crippen molar-refractivity contribution in [3.63, 3.8) is 0 Å². The number of benzene rings is 2. The number of nitrogens with zero attached hydrogens (tertiary/aromatic N) is 1. The number of amides is 3. The van der Waals surface area contributed by atoms with Crippen LogP contribution in [-0.2, 0) is 4.79 Å². The number of nitrogens with one attached hydrogen (secondary N) is 3. The average molecular weight is 419 g/mol. The number of carbonyl (C=O) groups is 3. The van der Waals surface area contributed by atoms with Crippen LogP contribution in [-0.4, -0.2) is 35.7 Å². The third-order valence-corrected chi connectivity index (χ3v) is 4.09. The second-order valence-corrected chi connectivity index (χ2v) is 6.35. The summed E-state index contributed by atoms with van der Waals surface area (Å²) in [7, 11) is 0. The van der Waals surface area contributed by atoms with Crippen molar-refractivity contribution in [2.75, 3.05) is 18.4 Å². The Hall–Kier alpha value is -3.46. The first-order valence-electron chi connectivity index (χ1n) is 8.72. The van der Waals surface area contributed by atoms with E-state index in [9.17, 15) is 24.5 Å². The molecule has 0 atom stereocenters. The first-order valence-corrected chi connectivity index (χ1v) is 9.10. The zero-order valence-corrected chi connectivity index (χ0v) is 16.3. The lowest BCUT2D eigenvalue weighted by Gasteiger charge is -2.09. The number of rotatable bonds is 8. The van der Waals surface area contributed by atoms with Gasteiger partial charge in [0.05, 0.1) is 4.92 Å². The van der Waals surface area contributed by atoms with Crippen molar-refractivity contribution in [2.45, 2.75) is 13.3 Å². The van der Waals surface area contributed by atoms with Crippen molar-refractivity contribution < 1.29 is 19.3 Å². The Bertz CT molecular complexity index is 931. The molecule has 3 N–H and O–H groups in total. The topological polar surface area (TPSA) is 130 Å². The van der Waals surface area contributed by atoms with E-state index in [4.69, 9.17) is 11.6 Å². The molecule has 0 radical (unpaired) electrons. The normalized spacial score (nSPS) is 10.1. The zero-order valence-electron chi connectivity index (χ0n) is 15.5. The maximum atomic E-state index is 12.4. The molecule has 2 aromatic rings. The number of halogens is 1. The van der Waals surface area contributed by atoms with E-state index in [1.807, 2.05) is 0 Å². The highest BCUT2D eigenvalue weighted by Crippen LogP contribution is 2.24. The minimum atomic E-state index is -0.692. The lowest BCUT2D eigenvalue weighted by atomic mass is 10.1. The predicted octanol–water partition coefficient (Wildman–Crippen LogP) is 2.76. The van der Waals surface area contributed by atoms with Gasteiger partial charge in [-0.2, -0.15) is 0 Å². The Morgan fingerprint density at radius 2 is 1.66 bits per heavy atom. The maximum absolute atomic E-state index is 12.4. The summed E-state index contributed by atoms with van der Waals surface area (Å²) < 4.78 is 0. The van der Waals surface area contributed by atoms with Gasteiger partial charge >= 0.3 is 0 Å². The van der Waals surface area contributed by atoms with Crippen molar-refractivity contribution in [2.24, 2.45) is 0 Å². The molecule has 0 aliphatic heterocycles. The minimum Gasteiger partial charge on any atom is -0.354 e. The highest BCUT2D eigenvalue weighted by atomic mass is 35.5. The van der Waals surface area contributed by atoms with E-state index in [2.05, 4.69) is 16.0 Å². The summed E-state index contributed by atoms with van der Waals surface area (Å²) in [5.74, 6) is -1.12. The van der Waals surface area contributed by atoms with Crippen LogP contribution >= 0.6 is 11.6 Å². The smallest absolute Gasteiger partial charge is 0.282 e. The van der Waals surface area contributed by atoms with Crippen LogP contribution in [0, 0.1) is 10.1 Å². The second-order valence-electron chi connectivity index (χ2n) is 5.91. The second kappa shape index (κ2) is 10.2. The lowest BCUT2D eigenvalue weighted by molar-refractivity contribution is -0.385. The van der Waals surface area contributed by atoms with Crippen molar-refractivity contribution in [1.82, 2.24) is 10.6 Å². The summed E-state index contributed by atoms with van der Waals surface area (Å²) in [4.78, 5) is 46.0. The van der Waals surface area contributed by atoms with Crippen LogP contribution in [0.15, 0.2) is 42.5 Å². The summed E-state index contributed by atoms with van der Waals surface area (Å²) in [6.07, 6.45) is 0.374. The van der Waals surface area contributed by atoms with Crippen LogP contribution in [0.4, 0.5) is 11.4 Å². The molecule has 0 aromatic heterocycles. The Kier molecular flexibility index (Phi) is 7.67. The van der Waals surface area contributed by atoms with Gasteiger partial charge in [-0.25, -0.2) is 0 Å². The molecule has 0 saturated carbocycles. The molecule has 0 bridgehead atoms. The molecule has 0 aliphatic rings. The Morgan fingerprint density at radius 1 is 1.00 bits per heavy atom. The Morgan fingerprint density at radius 3 is 2.28 bits per heavy atom. The summed E-state index contributed by atoms with van der Waals surface area (Å²) in [6, 6.07) is 9.72. The van der Waals surface area contributed by atoms with E-state index in [-0.39, 0.29) is 34.6 Å². The Labute approximate surface area is 171 Å². The van der Waals surface area contributed by atoms with Gasteiger partial charge in [0.2, 0.25) is 5.91 Å². The van der Waals surface area contributed by atoms with Crippen LogP contribution in [0.2, 0.25) is 5.02 Å². The molecule has 10 heteroatoms. The van der Waals surface area contributed by atoms with Crippen molar-refractivity contribution in [1.29, 1.82) is 0 Å². The molecule has 0 saturated heterocycles. The van der Waals surface area contributed by atoms with Crippen molar-refractivity contribution in [3.8, 4) is 0 Å². The van der Waals surface area contributed by atoms with E-state index >= 15 is 0 Å². The molecule has 2 rings (SSSR count). The molecule has 152 valence electrons. The summed E-state index contributed by atoms with van der Waals surface area (Å²) in [5.41, 5.74) is 0.186. The zero-order chi connectivity index (χ0) is 21.4. The van der Waals surface area contributed by atoms with Gasteiger partial charge in [0.1, 0.15) is 5.56 Å². The molecular weight excluding hydrogens is 400 g/mol. The maximum Gasteiger partial charge on any atom is 0.282 e. The molecule has 3 amide bonds. The summed E-state index contributed by atoms with van der Waals surface area (Å²) in [5, 5.41) is 19.1. The van der Waals surface area contributed by atoms with Gasteiger partial charge in [0.25, 0.3) is 17.5 Å². The van der Waals surface area contributed by atoms with Gasteiger partial charge in [-0.3, -0.25) is 24.5 Å². The van der Waals surface area contributed by atoms with Crippen LogP contribution in [0.1, 0.15) is 34.1 Å². The van der Waals surface area contributed by atoms with Gasteiger partial charge in [-0.15, -0.1) is 0 Å². The predicted molar refractivity (Wildman–Crippen MR) is 108 cm³/mol. The van der Waals surface area contributed by atoms with E-state index in [0.29, 0.717) is 24.2 Å². The number of carbonyl (C=O) groups excluding carboxylic acids is 3. The summed E-state index contributed by atoms with van der Waals surface area (Å²) >= 11 is 5.83. The van der Waals surface area contributed by atoms with E-state index in [0.717, 1.165) is 6.07 Å². The van der Waals surface area contributed by atoms with Crippen LogP contribution in [0.3, 0.4) is 0 Å². The first-order chi connectivity index (χ1) is 13.8. The van der Waals surface area contributed by atoms with Gasteiger partial charge in [0.15, 0.2) is 0 Å². The third-order valence-electron chi connectivity index (χ3n) is 3.86. The number of hydrogen-bond acceptors (Lipinski definition) is 5. The first kappa shape index (κ1) is 21.8. The fourth-order valence-corrected chi connectivity index (χ4v) is 2.53. The van der Waals surface area contributed by atoms with Gasteiger partial charge in [-0.05, 0) is 36.4 Å². The molecule has 0 spiro atoms. The molecule has 29 heavy (non-hydrogen) atoms. The van der Waals surface area contributed by atoms with Crippen LogP contribution in [0.5, 0.6) is 0 Å². The highest BCUT2D eigenvalue weighted by molar-refractivity contribution is 6.31. The van der Waals surface area contributed by atoms with Crippen LogP contribution in [0.25, 0.3) is 0 Å². The lowest BCUT2D eigenvalue weighted by Crippen LogP contribution is -2.34. The fraction of sp³-hybridized carbons (Fsp3) is 0.211. The van der Waals surface area contributed by atoms with Gasteiger partial charge in [-0.1, -0.05) is 18.5 Å². The molecule has 0 unspecified atom stereocenters. The monoisotopic (exact) mass is 418 g/mol. The molecule has 0 aliphatic carbocycles. The van der Waals surface area contributed by atoms with Gasteiger partial charge in [0, 0.05) is 41.9 Å². The molecule has 2 aromatic carbocycles. The molecule has 0 heterocycles. The summed E-state index contributed by atoms with van der Waals surface area (Å²) in [6.45, 7) is 2.34. The third kappa shape index (κ3) is 6.28. The molecular formula is C19H19ClN4O5. The fourth-order valence-electron chi connectivity index (χ4n) is 2.36. The van der Waals surface area contributed by atoms with Crippen molar-refractivity contribution >= 4 is 40.7 Å². The SMILES string of the molecule is CCC(=O)NCCNC(=O)c1ccc(NC(=O)c2cc(Cl)ccc2[N+](=O)[O-])cc1. The number of anilines is 1. The molecule has 9 nitrogen and oxygen atoms in total. The minimum absolute atomic E-state index is 0.0979. The number of hydrogen-bond donors (Lipinski definition) is 3. The number of nitro groups is 1. The largest absolute Gasteiger partial charge is 0.354 e. The Balaban J connectivity index is 1.98. The van der Waals surface area contributed by atoms with E-state index in [1.54, 1.807) is 6.92 Å². The van der Waals surface area contributed by atoms with Gasteiger partial charge < -0.3 is 16.0 Å². The molecule has 0 fully saturated rings. The van der Waals surface area contributed by atoms with Crippen molar-refractivity contribution in [3.05, 3.63) is 68.7 Å². The standard InChI is InChI=1S/C19H19ClN4O5/c1-2-17(25)21-9-10-22-18(26)12-3-6-14(7-4-12)23-19(27)15-11-13(20)5-8-16(15)24(28)29/h3-8,11H,2,9-10H2,1H3,(H,21,25)(H,22,26)(H,23,27). The number of nitro benzene ring substituents is 1. The van der Waals surface area contributed by atoms with Crippen LogP contribution < -0.4 is 16.0 Å². The van der Waals surface area contributed by atoms with E-state index < -0.39 is 10.8 Å². The highest BCUT2D eigenvalue weighted by Gasteiger charge is 2.20.